The van der Waals surface area contributed by atoms with Crippen molar-refractivity contribution >= 4 is 15.9 Å². The van der Waals surface area contributed by atoms with E-state index < -0.39 is 40.2 Å². The summed E-state index contributed by atoms with van der Waals surface area (Å²) in [5.41, 5.74) is 1.24. The highest BCUT2D eigenvalue weighted by Crippen LogP contribution is 2.27. The Kier molecular flexibility index (Phi) is 7.55. The van der Waals surface area contributed by atoms with Gasteiger partial charge in [0.15, 0.2) is 0 Å². The van der Waals surface area contributed by atoms with E-state index in [-0.39, 0.29) is 23.9 Å². The van der Waals surface area contributed by atoms with Gasteiger partial charge >= 0.3 is 6.61 Å². The first-order chi connectivity index (χ1) is 17.1. The van der Waals surface area contributed by atoms with Crippen LogP contribution in [-0.2, 0) is 21.4 Å². The minimum atomic E-state index is -4.01. The third kappa shape index (κ3) is 5.82. The lowest BCUT2D eigenvalue weighted by atomic mass is 10.0. The zero-order valence-corrected chi connectivity index (χ0v) is 19.5. The minimum absolute atomic E-state index is 0.0788. The molecule has 0 spiro atoms. The number of sulfonamides is 1. The molecule has 4 rings (SSSR count). The summed E-state index contributed by atoms with van der Waals surface area (Å²) in [6.45, 7) is -2.96. The van der Waals surface area contributed by atoms with Crippen LogP contribution < -0.4 is 10.1 Å². The van der Waals surface area contributed by atoms with Crippen molar-refractivity contribution in [1.29, 1.82) is 0 Å². The van der Waals surface area contributed by atoms with Crippen molar-refractivity contribution in [2.45, 2.75) is 36.9 Å². The number of ether oxygens (including phenoxy) is 1. The van der Waals surface area contributed by atoms with Crippen molar-refractivity contribution in [2.24, 2.45) is 0 Å². The van der Waals surface area contributed by atoms with Crippen molar-refractivity contribution in [2.75, 3.05) is 6.54 Å². The number of carbonyl (C=O) groups is 1. The van der Waals surface area contributed by atoms with Gasteiger partial charge in [0.05, 0.1) is 4.90 Å². The topological polar surface area (TPSA) is 88.6 Å². The van der Waals surface area contributed by atoms with Gasteiger partial charge in [0.25, 0.3) is 0 Å². The maximum absolute atomic E-state index is 14.3. The largest absolute Gasteiger partial charge is 0.417 e. The average Bonchev–Trinajstić information content (AvgIpc) is 3.34. The predicted octanol–water partition coefficient (Wildman–Crippen LogP) is 4.10. The van der Waals surface area contributed by atoms with Crippen LogP contribution in [-0.4, -0.2) is 42.8 Å². The van der Waals surface area contributed by atoms with Crippen LogP contribution in [0, 0.1) is 11.6 Å². The van der Waals surface area contributed by atoms with Crippen LogP contribution in [0.1, 0.15) is 18.4 Å². The molecule has 1 aliphatic heterocycles. The molecule has 7 nitrogen and oxygen atoms in total. The number of alkyl halides is 2. The number of benzene rings is 2. The van der Waals surface area contributed by atoms with Gasteiger partial charge in [-0.05, 0) is 72.5 Å². The van der Waals surface area contributed by atoms with Crippen LogP contribution in [0.5, 0.6) is 5.88 Å². The summed E-state index contributed by atoms with van der Waals surface area (Å²) in [6.07, 6.45) is 2.03. The zero-order chi connectivity index (χ0) is 25.9. The summed E-state index contributed by atoms with van der Waals surface area (Å²) in [5.74, 6) is -1.99. The molecule has 0 unspecified atom stereocenters. The van der Waals surface area contributed by atoms with E-state index in [2.05, 4.69) is 15.0 Å². The van der Waals surface area contributed by atoms with Gasteiger partial charge in [-0.1, -0.05) is 0 Å². The Morgan fingerprint density at radius 3 is 2.47 bits per heavy atom. The van der Waals surface area contributed by atoms with Crippen LogP contribution in [0.2, 0.25) is 0 Å². The second-order valence-corrected chi connectivity index (χ2v) is 9.95. The van der Waals surface area contributed by atoms with Gasteiger partial charge in [0, 0.05) is 30.9 Å². The summed E-state index contributed by atoms with van der Waals surface area (Å²) >= 11 is 0. The molecule has 12 heteroatoms. The lowest BCUT2D eigenvalue weighted by Crippen LogP contribution is -2.45. The second kappa shape index (κ2) is 10.6. The summed E-state index contributed by atoms with van der Waals surface area (Å²) in [5, 5.41) is 2.65. The molecule has 0 bridgehead atoms. The molecule has 2 aromatic carbocycles. The standard InChI is InChI=1S/C24H21F4N3O4S/c25-18-4-6-20(7-5-18)36(33,34)31-9-1-2-21(31)23(32)30-13-15-10-17(12-19(26)11-15)16-3-8-22(29-14-16)35-24(27)28/h3-8,10-12,14,21,24H,1-2,9,13H2,(H,30,32)/t21-/m0/s1. The van der Waals surface area contributed by atoms with Crippen LogP contribution in [0.15, 0.2) is 65.7 Å². The molecule has 1 amide bonds. The van der Waals surface area contributed by atoms with Crippen LogP contribution in [0.4, 0.5) is 17.6 Å². The molecule has 1 fully saturated rings. The molecule has 3 aromatic rings. The van der Waals surface area contributed by atoms with Gasteiger partial charge in [-0.2, -0.15) is 13.1 Å². The first kappa shape index (κ1) is 25.6. The van der Waals surface area contributed by atoms with E-state index in [0.29, 0.717) is 29.5 Å². The molecule has 0 aliphatic carbocycles. The molecular weight excluding hydrogens is 502 g/mol. The highest BCUT2D eigenvalue weighted by atomic mass is 32.2. The lowest BCUT2D eigenvalue weighted by Gasteiger charge is -2.23. The molecule has 1 aromatic heterocycles. The molecule has 0 radical (unpaired) electrons. The monoisotopic (exact) mass is 523 g/mol. The highest BCUT2D eigenvalue weighted by molar-refractivity contribution is 7.89. The fraction of sp³-hybridized carbons (Fsp3) is 0.250. The summed E-state index contributed by atoms with van der Waals surface area (Å²) in [6, 6.07) is 10.1. The van der Waals surface area contributed by atoms with E-state index >= 15 is 0 Å². The van der Waals surface area contributed by atoms with E-state index in [0.717, 1.165) is 28.6 Å². The van der Waals surface area contributed by atoms with Gasteiger partial charge in [-0.15, -0.1) is 0 Å². The first-order valence-electron chi connectivity index (χ1n) is 10.9. The number of nitrogens with zero attached hydrogens (tertiary/aromatic N) is 2. The summed E-state index contributed by atoms with van der Waals surface area (Å²) in [4.78, 5) is 16.5. The van der Waals surface area contributed by atoms with Gasteiger partial charge in [0.2, 0.25) is 21.8 Å². The molecule has 1 atom stereocenters. The van der Waals surface area contributed by atoms with Crippen molar-refractivity contribution in [3.63, 3.8) is 0 Å². The Bertz CT molecular complexity index is 1340. The summed E-state index contributed by atoms with van der Waals surface area (Å²) < 4.78 is 83.3. The molecular formula is C24H21F4N3O4S. The van der Waals surface area contributed by atoms with E-state index in [9.17, 15) is 30.8 Å². The molecule has 190 valence electrons. The van der Waals surface area contributed by atoms with Crippen LogP contribution in [0.3, 0.4) is 0 Å². The molecule has 36 heavy (non-hydrogen) atoms. The third-order valence-corrected chi connectivity index (χ3v) is 7.55. The fourth-order valence-electron chi connectivity index (χ4n) is 3.97. The number of amides is 1. The number of hydrogen-bond donors (Lipinski definition) is 1. The average molecular weight is 524 g/mol. The highest BCUT2D eigenvalue weighted by Gasteiger charge is 2.39. The van der Waals surface area contributed by atoms with E-state index in [1.165, 1.54) is 30.5 Å². The minimum Gasteiger partial charge on any atom is -0.417 e. The number of carbonyl (C=O) groups excluding carboxylic acids is 1. The summed E-state index contributed by atoms with van der Waals surface area (Å²) in [7, 11) is -4.01. The van der Waals surface area contributed by atoms with E-state index in [1.807, 2.05) is 0 Å². The van der Waals surface area contributed by atoms with Crippen molar-refractivity contribution < 1.29 is 35.5 Å². The Labute approximate surface area is 204 Å². The van der Waals surface area contributed by atoms with Crippen molar-refractivity contribution in [3.8, 4) is 17.0 Å². The second-order valence-electron chi connectivity index (χ2n) is 8.06. The maximum Gasteiger partial charge on any atom is 0.388 e. The van der Waals surface area contributed by atoms with E-state index in [1.54, 1.807) is 6.07 Å². The normalized spacial score (nSPS) is 16.3. The van der Waals surface area contributed by atoms with Crippen LogP contribution >= 0.6 is 0 Å². The third-order valence-electron chi connectivity index (χ3n) is 5.63. The number of pyridine rings is 1. The fourth-order valence-corrected chi connectivity index (χ4v) is 5.63. The molecule has 1 saturated heterocycles. The Balaban J connectivity index is 1.46. The molecule has 1 N–H and O–H groups in total. The SMILES string of the molecule is O=C(NCc1cc(F)cc(-c2ccc(OC(F)F)nc2)c1)[C@@H]1CCCN1S(=O)(=O)c1ccc(F)cc1. The zero-order valence-electron chi connectivity index (χ0n) is 18.7. The molecule has 0 saturated carbocycles. The van der Waals surface area contributed by atoms with Gasteiger partial charge < -0.3 is 10.1 Å². The van der Waals surface area contributed by atoms with Crippen molar-refractivity contribution in [3.05, 3.63) is 78.0 Å². The number of rotatable bonds is 8. The Hall–Kier alpha value is -3.51. The lowest BCUT2D eigenvalue weighted by molar-refractivity contribution is -0.124. The van der Waals surface area contributed by atoms with Gasteiger partial charge in [0.1, 0.15) is 17.7 Å². The predicted molar refractivity (Wildman–Crippen MR) is 121 cm³/mol. The smallest absolute Gasteiger partial charge is 0.388 e. The number of nitrogens with one attached hydrogen (secondary N) is 1. The maximum atomic E-state index is 14.3. The number of halogens is 4. The van der Waals surface area contributed by atoms with Crippen molar-refractivity contribution in [1.82, 2.24) is 14.6 Å². The first-order valence-corrected chi connectivity index (χ1v) is 12.3. The Morgan fingerprint density at radius 1 is 1.06 bits per heavy atom. The van der Waals surface area contributed by atoms with Crippen LogP contribution in [0.25, 0.3) is 11.1 Å². The Morgan fingerprint density at radius 2 is 1.81 bits per heavy atom. The quantitative estimate of drug-likeness (QED) is 0.450. The van der Waals surface area contributed by atoms with Gasteiger partial charge in [-0.3, -0.25) is 4.79 Å². The van der Waals surface area contributed by atoms with E-state index in [4.69, 9.17) is 0 Å². The number of aromatic nitrogens is 1. The molecule has 2 heterocycles. The number of hydrogen-bond acceptors (Lipinski definition) is 5. The molecule has 1 aliphatic rings. The van der Waals surface area contributed by atoms with Gasteiger partial charge in [-0.25, -0.2) is 22.2 Å².